The molecule has 0 bridgehead atoms. The van der Waals surface area contributed by atoms with Crippen LogP contribution in [0.5, 0.6) is 0 Å². The van der Waals surface area contributed by atoms with Gasteiger partial charge in [0, 0.05) is 6.04 Å². The molecule has 116 valence electrons. The van der Waals surface area contributed by atoms with Crippen LogP contribution in [0.2, 0.25) is 0 Å². The van der Waals surface area contributed by atoms with Gasteiger partial charge in [0.2, 0.25) is 15.9 Å². The summed E-state index contributed by atoms with van der Waals surface area (Å²) in [6.45, 7) is 0.903. The van der Waals surface area contributed by atoms with Gasteiger partial charge in [-0.15, -0.1) is 0 Å². The van der Waals surface area contributed by atoms with E-state index >= 15 is 0 Å². The summed E-state index contributed by atoms with van der Waals surface area (Å²) >= 11 is 0. The fraction of sp³-hybridized carbons (Fsp3) is 0.818. The molecule has 2 N–H and O–H groups in total. The molecule has 1 fully saturated rings. The summed E-state index contributed by atoms with van der Waals surface area (Å²) in [4.78, 5) is 22.6. The summed E-state index contributed by atoms with van der Waals surface area (Å²) in [7, 11) is -2.26. The number of carbonyl (C=O) groups is 2. The van der Waals surface area contributed by atoms with Gasteiger partial charge in [0.05, 0.1) is 19.9 Å². The minimum atomic E-state index is -3.48. The maximum Gasteiger partial charge on any atom is 0.325 e. The van der Waals surface area contributed by atoms with Gasteiger partial charge in [0.25, 0.3) is 0 Å². The van der Waals surface area contributed by atoms with Crippen LogP contribution in [-0.4, -0.2) is 70.2 Å². The molecule has 9 heteroatoms. The highest BCUT2D eigenvalue weighted by Gasteiger charge is 2.29. The normalized spacial score (nSPS) is 16.9. The first-order chi connectivity index (χ1) is 9.34. The molecule has 0 radical (unpaired) electrons. The van der Waals surface area contributed by atoms with E-state index in [1.165, 1.54) is 11.4 Å². The summed E-state index contributed by atoms with van der Waals surface area (Å²) in [5.41, 5.74) is 0. The van der Waals surface area contributed by atoms with Gasteiger partial charge in [-0.2, -0.15) is 4.31 Å². The lowest BCUT2D eigenvalue weighted by Gasteiger charge is -2.32. The van der Waals surface area contributed by atoms with E-state index in [1.807, 2.05) is 0 Å². The zero-order chi connectivity index (χ0) is 15.2. The highest BCUT2D eigenvalue weighted by atomic mass is 32.2. The van der Waals surface area contributed by atoms with Crippen molar-refractivity contribution in [3.8, 4) is 0 Å². The van der Waals surface area contributed by atoms with Gasteiger partial charge in [-0.25, -0.2) is 8.42 Å². The molecule has 1 aliphatic heterocycles. The van der Waals surface area contributed by atoms with E-state index in [1.54, 1.807) is 0 Å². The quantitative estimate of drug-likeness (QED) is 0.566. The van der Waals surface area contributed by atoms with Crippen molar-refractivity contribution in [2.45, 2.75) is 18.9 Å². The Morgan fingerprint density at radius 3 is 2.45 bits per heavy atom. The molecular weight excluding hydrogens is 286 g/mol. The minimum absolute atomic E-state index is 0.185. The van der Waals surface area contributed by atoms with Crippen LogP contribution in [0, 0.1) is 0 Å². The summed E-state index contributed by atoms with van der Waals surface area (Å²) < 4.78 is 29.2. The molecule has 0 spiro atoms. The summed E-state index contributed by atoms with van der Waals surface area (Å²) in [6, 6.07) is -0.185. The lowest BCUT2D eigenvalue weighted by Crippen LogP contribution is -2.50. The van der Waals surface area contributed by atoms with Gasteiger partial charge < -0.3 is 15.4 Å². The molecule has 0 unspecified atom stereocenters. The topological polar surface area (TPSA) is 105 Å². The van der Waals surface area contributed by atoms with Crippen LogP contribution in [0.1, 0.15) is 12.8 Å². The molecule has 1 saturated heterocycles. The van der Waals surface area contributed by atoms with Crippen molar-refractivity contribution in [3.63, 3.8) is 0 Å². The Morgan fingerprint density at radius 2 is 1.95 bits per heavy atom. The molecule has 1 amide bonds. The molecule has 0 saturated carbocycles. The molecule has 1 heterocycles. The smallest absolute Gasteiger partial charge is 0.325 e. The standard InChI is InChI=1S/C11H21N3O5S/c1-19-11(16)7-13-10(15)8-14(20(2,17)18)9-3-5-12-6-4-9/h9,12H,3-8H2,1-2H3,(H,13,15). The average molecular weight is 307 g/mol. The van der Waals surface area contributed by atoms with Crippen molar-refractivity contribution >= 4 is 21.9 Å². The van der Waals surface area contributed by atoms with Crippen molar-refractivity contribution in [1.82, 2.24) is 14.9 Å². The van der Waals surface area contributed by atoms with E-state index < -0.39 is 21.9 Å². The zero-order valence-electron chi connectivity index (χ0n) is 11.7. The molecular formula is C11H21N3O5S. The lowest BCUT2D eigenvalue weighted by atomic mass is 10.1. The Balaban J connectivity index is 2.61. The first-order valence-electron chi connectivity index (χ1n) is 6.35. The Morgan fingerprint density at radius 1 is 1.35 bits per heavy atom. The maximum atomic E-state index is 11.8. The molecule has 0 aromatic rings. The number of hydrogen-bond donors (Lipinski definition) is 2. The Kier molecular flexibility index (Phi) is 6.37. The number of carbonyl (C=O) groups excluding carboxylic acids is 2. The van der Waals surface area contributed by atoms with Crippen LogP contribution in [0.4, 0.5) is 0 Å². The molecule has 0 aromatic heterocycles. The zero-order valence-corrected chi connectivity index (χ0v) is 12.5. The highest BCUT2D eigenvalue weighted by Crippen LogP contribution is 2.14. The number of sulfonamides is 1. The van der Waals surface area contributed by atoms with Crippen molar-refractivity contribution < 1.29 is 22.7 Å². The molecule has 1 rings (SSSR count). The van der Waals surface area contributed by atoms with E-state index in [-0.39, 0.29) is 19.1 Å². The third-order valence-electron chi connectivity index (χ3n) is 3.10. The summed E-state index contributed by atoms with van der Waals surface area (Å²) in [5, 5.41) is 5.48. The van der Waals surface area contributed by atoms with Crippen molar-refractivity contribution in [2.24, 2.45) is 0 Å². The molecule has 0 aromatic carbocycles. The van der Waals surface area contributed by atoms with Crippen molar-refractivity contribution in [1.29, 1.82) is 0 Å². The Bertz CT molecular complexity index is 445. The number of rotatable bonds is 6. The lowest BCUT2D eigenvalue weighted by molar-refractivity contribution is -0.141. The maximum absolute atomic E-state index is 11.8. The number of amides is 1. The fourth-order valence-corrected chi connectivity index (χ4v) is 3.16. The third-order valence-corrected chi connectivity index (χ3v) is 4.38. The van der Waals surface area contributed by atoms with E-state index in [4.69, 9.17) is 0 Å². The minimum Gasteiger partial charge on any atom is -0.468 e. The number of nitrogens with zero attached hydrogens (tertiary/aromatic N) is 1. The summed E-state index contributed by atoms with van der Waals surface area (Å²) in [6.07, 6.45) is 2.41. The number of piperidine rings is 1. The van der Waals surface area contributed by atoms with Gasteiger partial charge in [-0.1, -0.05) is 0 Å². The van der Waals surface area contributed by atoms with Gasteiger partial charge in [0.1, 0.15) is 6.54 Å². The molecule has 1 aliphatic rings. The van der Waals surface area contributed by atoms with Gasteiger partial charge in [0.15, 0.2) is 0 Å². The number of methoxy groups -OCH3 is 1. The second-order valence-corrected chi connectivity index (χ2v) is 6.58. The van der Waals surface area contributed by atoms with E-state index in [0.717, 1.165) is 19.3 Å². The van der Waals surface area contributed by atoms with Gasteiger partial charge in [-0.3, -0.25) is 9.59 Å². The Hall–Kier alpha value is -1.19. The summed E-state index contributed by atoms with van der Waals surface area (Å²) in [5.74, 6) is -1.09. The van der Waals surface area contributed by atoms with Gasteiger partial charge in [-0.05, 0) is 25.9 Å². The fourth-order valence-electron chi connectivity index (χ4n) is 2.05. The predicted molar refractivity (Wildman–Crippen MR) is 72.5 cm³/mol. The third kappa shape index (κ3) is 5.43. The molecule has 0 aliphatic carbocycles. The molecule has 0 atom stereocenters. The van der Waals surface area contributed by atoms with Crippen LogP contribution < -0.4 is 10.6 Å². The highest BCUT2D eigenvalue weighted by molar-refractivity contribution is 7.88. The van der Waals surface area contributed by atoms with Crippen molar-refractivity contribution in [2.75, 3.05) is 39.5 Å². The van der Waals surface area contributed by atoms with Crippen LogP contribution in [0.3, 0.4) is 0 Å². The number of nitrogens with one attached hydrogen (secondary N) is 2. The number of esters is 1. The van der Waals surface area contributed by atoms with E-state index in [2.05, 4.69) is 15.4 Å². The SMILES string of the molecule is COC(=O)CNC(=O)CN(C1CCNCC1)S(C)(=O)=O. The monoisotopic (exact) mass is 307 g/mol. The first-order valence-corrected chi connectivity index (χ1v) is 8.20. The molecule has 8 nitrogen and oxygen atoms in total. The van der Waals surface area contributed by atoms with Crippen LogP contribution in [-0.2, 0) is 24.3 Å². The average Bonchev–Trinajstić information content (AvgIpc) is 2.41. The number of ether oxygens (including phenoxy) is 1. The van der Waals surface area contributed by atoms with Crippen molar-refractivity contribution in [3.05, 3.63) is 0 Å². The largest absolute Gasteiger partial charge is 0.468 e. The molecule has 20 heavy (non-hydrogen) atoms. The van der Waals surface area contributed by atoms with Gasteiger partial charge >= 0.3 is 5.97 Å². The Labute approximate surface area is 118 Å². The van der Waals surface area contributed by atoms with E-state index in [9.17, 15) is 18.0 Å². The predicted octanol–water partition coefficient (Wildman–Crippen LogP) is -1.71. The second kappa shape index (κ2) is 7.55. The first kappa shape index (κ1) is 16.9. The van der Waals surface area contributed by atoms with Crippen LogP contribution in [0.15, 0.2) is 0 Å². The van der Waals surface area contributed by atoms with Crippen LogP contribution >= 0.6 is 0 Å². The number of hydrogen-bond acceptors (Lipinski definition) is 6. The van der Waals surface area contributed by atoms with Crippen LogP contribution in [0.25, 0.3) is 0 Å². The van der Waals surface area contributed by atoms with E-state index in [0.29, 0.717) is 12.8 Å². The second-order valence-electron chi connectivity index (χ2n) is 4.64.